The molecule has 0 amide bonds. The molecule has 0 saturated heterocycles. The lowest BCUT2D eigenvalue weighted by molar-refractivity contribution is 0.668. The lowest BCUT2D eigenvalue weighted by Gasteiger charge is -2.32. The number of benzene rings is 10. The maximum atomic E-state index is 6.83. The Morgan fingerprint density at radius 2 is 0.875 bits per heavy atom. The predicted octanol–water partition coefficient (Wildman–Crippen LogP) is 16.6. The molecule has 10 aromatic carbocycles. The zero-order chi connectivity index (χ0) is 41.9. The summed E-state index contributed by atoms with van der Waals surface area (Å²) in [5.41, 5.74) is 21.0. The Bertz CT molecular complexity index is 3860. The average molecular weight is 816 g/mol. The second kappa shape index (κ2) is 13.3. The highest BCUT2D eigenvalue weighted by atomic mass is 16.3. The SMILES string of the molecule is c1ccc(-c2ccccc2N(c2ccc(-c3ccc4oc5ccccc5c4c3)cc2)c2cccc3c2-c2ccccc2C32c3ccccc3-c3c2ccc2c3oc3ccccc32)cc1. The summed E-state index contributed by atoms with van der Waals surface area (Å²) in [6.45, 7) is 0. The molecule has 0 saturated carbocycles. The summed E-state index contributed by atoms with van der Waals surface area (Å²) in [5, 5.41) is 4.54. The van der Waals surface area contributed by atoms with Crippen molar-refractivity contribution >= 4 is 60.9 Å². The number of nitrogens with zero attached hydrogens (tertiary/aromatic N) is 1. The van der Waals surface area contributed by atoms with Gasteiger partial charge in [-0.25, -0.2) is 0 Å². The lowest BCUT2D eigenvalue weighted by Crippen LogP contribution is -2.26. The normalized spacial score (nSPS) is 14.6. The van der Waals surface area contributed by atoms with E-state index in [2.05, 4.69) is 217 Å². The molecular formula is C61H37NO2. The zero-order valence-corrected chi connectivity index (χ0v) is 34.6. The van der Waals surface area contributed by atoms with E-state index in [1.807, 2.05) is 12.1 Å². The number of para-hydroxylation sites is 3. The first-order valence-electron chi connectivity index (χ1n) is 22.0. The van der Waals surface area contributed by atoms with Crippen molar-refractivity contribution < 1.29 is 8.83 Å². The molecule has 3 heteroatoms. The van der Waals surface area contributed by atoms with Gasteiger partial charge < -0.3 is 13.7 Å². The number of hydrogen-bond donors (Lipinski definition) is 0. The highest BCUT2D eigenvalue weighted by Crippen LogP contribution is 2.66. The summed E-state index contributed by atoms with van der Waals surface area (Å²) in [6.07, 6.45) is 0. The minimum atomic E-state index is -0.564. The van der Waals surface area contributed by atoms with E-state index >= 15 is 0 Å². The van der Waals surface area contributed by atoms with E-state index in [0.717, 1.165) is 77.6 Å². The van der Waals surface area contributed by atoms with Crippen LogP contribution in [0, 0.1) is 0 Å². The van der Waals surface area contributed by atoms with Crippen molar-refractivity contribution in [2.24, 2.45) is 0 Å². The Balaban J connectivity index is 1.02. The van der Waals surface area contributed by atoms with Crippen LogP contribution in [0.25, 0.3) is 88.4 Å². The monoisotopic (exact) mass is 815 g/mol. The Labute approximate surface area is 369 Å². The molecule has 298 valence electrons. The van der Waals surface area contributed by atoms with Gasteiger partial charge in [-0.05, 0) is 98.6 Å². The van der Waals surface area contributed by atoms with Gasteiger partial charge in [0.25, 0.3) is 0 Å². The largest absolute Gasteiger partial charge is 0.456 e. The van der Waals surface area contributed by atoms with Gasteiger partial charge in [0.1, 0.15) is 22.3 Å². The zero-order valence-electron chi connectivity index (χ0n) is 34.6. The Morgan fingerprint density at radius 1 is 0.312 bits per heavy atom. The van der Waals surface area contributed by atoms with E-state index in [1.165, 1.54) is 50.1 Å². The standard InChI is InChI=1S/C61H37NO2/c1-2-15-39(16-3-1)42-17-6-11-25-53(42)62(41-32-29-38(30-33-41)40-31-36-57-48(37-40)44-19-8-12-27-55(44)63-57)54-26-14-24-51-58(54)46-20-4-9-22-49(46)61(51)50-23-10-5-21-47(50)59-52(61)35-34-45-43-18-7-13-28-56(43)64-60(45)59/h1-37H. The van der Waals surface area contributed by atoms with Crippen LogP contribution >= 0.6 is 0 Å². The van der Waals surface area contributed by atoms with Gasteiger partial charge in [-0.1, -0.05) is 176 Å². The van der Waals surface area contributed by atoms with Crippen molar-refractivity contribution in [3.63, 3.8) is 0 Å². The summed E-state index contributed by atoms with van der Waals surface area (Å²) in [6, 6.07) is 81.6. The first-order chi connectivity index (χ1) is 31.8. The highest BCUT2D eigenvalue weighted by molar-refractivity contribution is 6.14. The molecule has 0 N–H and O–H groups in total. The van der Waals surface area contributed by atoms with Crippen LogP contribution in [0.5, 0.6) is 0 Å². The second-order valence-corrected chi connectivity index (χ2v) is 17.1. The fourth-order valence-electron chi connectivity index (χ4n) is 11.3. The molecule has 14 rings (SSSR count). The summed E-state index contributed by atoms with van der Waals surface area (Å²) in [5.74, 6) is 0. The van der Waals surface area contributed by atoms with Crippen LogP contribution in [0.4, 0.5) is 17.1 Å². The average Bonchev–Trinajstić information content (AvgIpc) is 4.10. The van der Waals surface area contributed by atoms with Gasteiger partial charge in [0.05, 0.1) is 16.8 Å². The van der Waals surface area contributed by atoms with Gasteiger partial charge in [0, 0.05) is 43.9 Å². The number of rotatable bonds is 5. The fraction of sp³-hybridized carbons (Fsp3) is 0.0164. The molecule has 2 aromatic heterocycles. The predicted molar refractivity (Wildman–Crippen MR) is 263 cm³/mol. The summed E-state index contributed by atoms with van der Waals surface area (Å²) in [7, 11) is 0. The molecule has 64 heavy (non-hydrogen) atoms. The van der Waals surface area contributed by atoms with E-state index in [4.69, 9.17) is 8.83 Å². The quantitative estimate of drug-likeness (QED) is 0.173. The van der Waals surface area contributed by atoms with E-state index in [9.17, 15) is 0 Å². The van der Waals surface area contributed by atoms with Crippen LogP contribution < -0.4 is 4.90 Å². The van der Waals surface area contributed by atoms with Gasteiger partial charge in [-0.2, -0.15) is 0 Å². The van der Waals surface area contributed by atoms with Gasteiger partial charge in [-0.15, -0.1) is 0 Å². The van der Waals surface area contributed by atoms with Crippen LogP contribution in [-0.4, -0.2) is 0 Å². The van der Waals surface area contributed by atoms with Crippen molar-refractivity contribution in [1.82, 2.24) is 0 Å². The summed E-state index contributed by atoms with van der Waals surface area (Å²) < 4.78 is 13.0. The highest BCUT2D eigenvalue weighted by Gasteiger charge is 2.53. The molecule has 12 aromatic rings. The first-order valence-corrected chi connectivity index (χ1v) is 22.0. The third-order valence-corrected chi connectivity index (χ3v) is 13.9. The van der Waals surface area contributed by atoms with Gasteiger partial charge in [0.2, 0.25) is 0 Å². The van der Waals surface area contributed by atoms with Crippen molar-refractivity contribution in [2.45, 2.75) is 5.41 Å². The van der Waals surface area contributed by atoms with E-state index in [1.54, 1.807) is 0 Å². The fourth-order valence-corrected chi connectivity index (χ4v) is 11.3. The molecule has 2 aliphatic rings. The topological polar surface area (TPSA) is 29.5 Å². The number of anilines is 3. The minimum Gasteiger partial charge on any atom is -0.456 e. The Hall–Kier alpha value is -8.40. The minimum absolute atomic E-state index is 0.564. The Kier molecular flexibility index (Phi) is 7.32. The third-order valence-electron chi connectivity index (χ3n) is 13.9. The van der Waals surface area contributed by atoms with Crippen LogP contribution in [-0.2, 0) is 5.41 Å². The molecule has 3 nitrogen and oxygen atoms in total. The van der Waals surface area contributed by atoms with E-state index < -0.39 is 5.41 Å². The molecule has 0 aliphatic heterocycles. The van der Waals surface area contributed by atoms with Gasteiger partial charge >= 0.3 is 0 Å². The van der Waals surface area contributed by atoms with E-state index in [0.29, 0.717) is 0 Å². The third kappa shape index (κ3) is 4.76. The van der Waals surface area contributed by atoms with Crippen LogP contribution in [0.2, 0.25) is 0 Å². The van der Waals surface area contributed by atoms with Gasteiger partial charge in [-0.3, -0.25) is 0 Å². The van der Waals surface area contributed by atoms with Crippen LogP contribution in [0.1, 0.15) is 22.3 Å². The maximum absolute atomic E-state index is 6.83. The molecule has 1 unspecified atom stereocenters. The molecule has 2 heterocycles. The molecule has 2 aliphatic carbocycles. The van der Waals surface area contributed by atoms with Crippen LogP contribution in [0.3, 0.4) is 0 Å². The number of hydrogen-bond acceptors (Lipinski definition) is 3. The second-order valence-electron chi connectivity index (χ2n) is 17.1. The molecule has 0 fully saturated rings. The smallest absolute Gasteiger partial charge is 0.143 e. The molecular weight excluding hydrogens is 779 g/mol. The van der Waals surface area contributed by atoms with E-state index in [-0.39, 0.29) is 0 Å². The van der Waals surface area contributed by atoms with Crippen LogP contribution in [0.15, 0.2) is 233 Å². The van der Waals surface area contributed by atoms with Crippen molar-refractivity contribution in [3.8, 4) is 44.5 Å². The first kappa shape index (κ1) is 35.2. The molecule has 1 atom stereocenters. The number of furan rings is 2. The summed E-state index contributed by atoms with van der Waals surface area (Å²) >= 11 is 0. The molecule has 0 bridgehead atoms. The van der Waals surface area contributed by atoms with Crippen molar-refractivity contribution in [3.05, 3.63) is 247 Å². The van der Waals surface area contributed by atoms with Crippen molar-refractivity contribution in [1.29, 1.82) is 0 Å². The molecule has 0 radical (unpaired) electrons. The van der Waals surface area contributed by atoms with Gasteiger partial charge in [0.15, 0.2) is 0 Å². The summed E-state index contributed by atoms with van der Waals surface area (Å²) in [4.78, 5) is 2.48. The Morgan fingerprint density at radius 3 is 1.66 bits per heavy atom. The molecule has 1 spiro atoms. The number of fused-ring (bicyclic) bond motifs is 17. The maximum Gasteiger partial charge on any atom is 0.143 e. The van der Waals surface area contributed by atoms with Crippen molar-refractivity contribution in [2.75, 3.05) is 4.90 Å². The lowest BCUT2D eigenvalue weighted by atomic mass is 9.70.